The lowest BCUT2D eigenvalue weighted by Crippen LogP contribution is -2.21. The fraction of sp³-hybridized carbons (Fsp3) is 0.130. The van der Waals surface area contributed by atoms with Gasteiger partial charge in [-0.2, -0.15) is 0 Å². The molecule has 3 aromatic rings. The summed E-state index contributed by atoms with van der Waals surface area (Å²) >= 11 is 0. The zero-order valence-corrected chi connectivity index (χ0v) is 18.4. The molecule has 0 saturated heterocycles. The number of sulfonamides is 1. The minimum atomic E-state index is -3.82. The zero-order chi connectivity index (χ0) is 23.3. The van der Waals surface area contributed by atoms with Crippen molar-refractivity contribution in [3.8, 4) is 0 Å². The van der Waals surface area contributed by atoms with Crippen molar-refractivity contribution in [1.82, 2.24) is 0 Å². The molecule has 8 nitrogen and oxygen atoms in total. The van der Waals surface area contributed by atoms with Crippen LogP contribution >= 0.6 is 0 Å². The van der Waals surface area contributed by atoms with Gasteiger partial charge in [0.25, 0.3) is 5.91 Å². The average Bonchev–Trinajstić information content (AvgIpc) is 2.75. The van der Waals surface area contributed by atoms with Crippen molar-refractivity contribution in [3.05, 3.63) is 83.4 Å². The lowest BCUT2D eigenvalue weighted by atomic mass is 10.1. The first kappa shape index (κ1) is 23.0. The van der Waals surface area contributed by atoms with E-state index < -0.39 is 28.5 Å². The molecular weight excluding hydrogens is 430 g/mol. The molecule has 0 aliphatic carbocycles. The topological polar surface area (TPSA) is 128 Å². The van der Waals surface area contributed by atoms with Crippen LogP contribution in [0.3, 0.4) is 0 Å². The molecule has 1 amide bonds. The van der Waals surface area contributed by atoms with Crippen LogP contribution in [-0.2, 0) is 19.6 Å². The van der Waals surface area contributed by atoms with E-state index in [1.54, 1.807) is 24.3 Å². The molecule has 3 rings (SSSR count). The molecule has 0 heterocycles. The van der Waals surface area contributed by atoms with Crippen molar-refractivity contribution in [2.45, 2.75) is 18.7 Å². The summed E-state index contributed by atoms with van der Waals surface area (Å²) in [4.78, 5) is 24.7. The van der Waals surface area contributed by atoms with E-state index in [2.05, 4.69) is 10.6 Å². The van der Waals surface area contributed by atoms with Gasteiger partial charge in [0.1, 0.15) is 0 Å². The molecule has 0 unspecified atom stereocenters. The number of amides is 1. The van der Waals surface area contributed by atoms with Crippen molar-refractivity contribution in [2.24, 2.45) is 5.14 Å². The van der Waals surface area contributed by atoms with Crippen LogP contribution in [0.2, 0.25) is 0 Å². The summed E-state index contributed by atoms with van der Waals surface area (Å²) in [6.07, 6.45) is 0. The Bertz CT molecular complexity index is 1250. The Morgan fingerprint density at radius 3 is 2.25 bits per heavy atom. The van der Waals surface area contributed by atoms with Crippen LogP contribution in [0, 0.1) is 13.8 Å². The van der Waals surface area contributed by atoms with E-state index in [1.807, 2.05) is 32.0 Å². The Balaban J connectivity index is 1.64. The van der Waals surface area contributed by atoms with Crippen LogP contribution in [0.5, 0.6) is 0 Å². The number of carbonyl (C=O) groups excluding carboxylic acids is 2. The summed E-state index contributed by atoms with van der Waals surface area (Å²) in [5.74, 6) is -1.22. The number of hydrogen-bond donors (Lipinski definition) is 3. The highest BCUT2D eigenvalue weighted by molar-refractivity contribution is 7.89. The Morgan fingerprint density at radius 2 is 1.56 bits per heavy atom. The van der Waals surface area contributed by atoms with Crippen molar-refractivity contribution in [3.63, 3.8) is 0 Å². The summed E-state index contributed by atoms with van der Waals surface area (Å²) in [6.45, 7) is 3.48. The van der Waals surface area contributed by atoms with Crippen LogP contribution in [0.15, 0.2) is 71.6 Å². The van der Waals surface area contributed by atoms with Crippen LogP contribution in [-0.4, -0.2) is 26.9 Å². The minimum absolute atomic E-state index is 0.0742. The van der Waals surface area contributed by atoms with Crippen molar-refractivity contribution in [2.75, 3.05) is 17.2 Å². The average molecular weight is 454 g/mol. The number of aryl methyl sites for hydroxylation is 1. The first-order chi connectivity index (χ1) is 15.1. The Hall–Kier alpha value is -3.69. The van der Waals surface area contributed by atoms with E-state index in [1.165, 1.54) is 24.3 Å². The molecule has 0 spiro atoms. The first-order valence-electron chi connectivity index (χ1n) is 9.67. The predicted octanol–water partition coefficient (Wildman–Crippen LogP) is 3.49. The highest BCUT2D eigenvalue weighted by Crippen LogP contribution is 2.25. The minimum Gasteiger partial charge on any atom is -0.452 e. The summed E-state index contributed by atoms with van der Waals surface area (Å²) in [6, 6.07) is 18.0. The number of anilines is 3. The summed E-state index contributed by atoms with van der Waals surface area (Å²) in [5, 5.41) is 10.8. The first-order valence-corrected chi connectivity index (χ1v) is 11.2. The lowest BCUT2D eigenvalue weighted by molar-refractivity contribution is -0.119. The van der Waals surface area contributed by atoms with Gasteiger partial charge in [-0.3, -0.25) is 4.79 Å². The Kier molecular flexibility index (Phi) is 6.92. The van der Waals surface area contributed by atoms with Gasteiger partial charge in [0.05, 0.1) is 16.1 Å². The number of nitrogens with two attached hydrogens (primary N) is 1. The molecule has 0 aromatic heterocycles. The maximum Gasteiger partial charge on any atom is 0.340 e. The molecule has 166 valence electrons. The van der Waals surface area contributed by atoms with Crippen molar-refractivity contribution >= 4 is 39.0 Å². The number of nitrogens with one attached hydrogen (secondary N) is 2. The fourth-order valence-electron chi connectivity index (χ4n) is 2.94. The molecule has 0 fully saturated rings. The van der Waals surface area contributed by atoms with E-state index in [9.17, 15) is 18.0 Å². The van der Waals surface area contributed by atoms with Crippen LogP contribution < -0.4 is 15.8 Å². The van der Waals surface area contributed by atoms with Gasteiger partial charge in [-0.1, -0.05) is 24.3 Å². The quantitative estimate of drug-likeness (QED) is 0.470. The van der Waals surface area contributed by atoms with Crippen molar-refractivity contribution in [1.29, 1.82) is 0 Å². The van der Waals surface area contributed by atoms with Gasteiger partial charge in [-0.15, -0.1) is 0 Å². The number of ether oxygens (including phenoxy) is 1. The number of carbonyl (C=O) groups is 2. The lowest BCUT2D eigenvalue weighted by Gasteiger charge is -2.14. The summed E-state index contributed by atoms with van der Waals surface area (Å²) < 4.78 is 27.7. The fourth-order valence-corrected chi connectivity index (χ4v) is 3.45. The summed E-state index contributed by atoms with van der Waals surface area (Å²) in [7, 11) is -3.82. The number of esters is 1. The van der Waals surface area contributed by atoms with Crippen molar-refractivity contribution < 1.29 is 22.7 Å². The molecule has 32 heavy (non-hydrogen) atoms. The third-order valence-corrected chi connectivity index (χ3v) is 5.75. The van der Waals surface area contributed by atoms with Crippen LogP contribution in [0.25, 0.3) is 0 Å². The van der Waals surface area contributed by atoms with Gasteiger partial charge >= 0.3 is 5.97 Å². The smallest absolute Gasteiger partial charge is 0.340 e. The maximum absolute atomic E-state index is 12.6. The third-order valence-electron chi connectivity index (χ3n) is 4.82. The van der Waals surface area contributed by atoms with Gasteiger partial charge in [0.2, 0.25) is 10.0 Å². The molecule has 9 heteroatoms. The normalized spacial score (nSPS) is 11.0. The largest absolute Gasteiger partial charge is 0.452 e. The number of rotatable bonds is 7. The molecule has 3 aromatic carbocycles. The van der Waals surface area contributed by atoms with E-state index in [-0.39, 0.29) is 4.90 Å². The molecule has 4 N–H and O–H groups in total. The van der Waals surface area contributed by atoms with E-state index >= 15 is 0 Å². The van der Waals surface area contributed by atoms with Gasteiger partial charge in [0, 0.05) is 11.4 Å². The molecule has 0 radical (unpaired) electrons. The highest BCUT2D eigenvalue weighted by Gasteiger charge is 2.15. The molecule has 0 atom stereocenters. The number of para-hydroxylation sites is 1. The Labute approximate surface area is 186 Å². The third kappa shape index (κ3) is 5.71. The monoisotopic (exact) mass is 453 g/mol. The number of hydrogen-bond acceptors (Lipinski definition) is 6. The highest BCUT2D eigenvalue weighted by atomic mass is 32.2. The molecule has 0 bridgehead atoms. The number of primary sulfonamides is 1. The van der Waals surface area contributed by atoms with Crippen LogP contribution in [0.4, 0.5) is 17.1 Å². The second-order valence-electron chi connectivity index (χ2n) is 7.11. The van der Waals surface area contributed by atoms with Gasteiger partial charge in [-0.05, 0) is 67.4 Å². The molecule has 0 aliphatic rings. The predicted molar refractivity (Wildman–Crippen MR) is 122 cm³/mol. The van der Waals surface area contributed by atoms with Gasteiger partial charge < -0.3 is 15.4 Å². The molecule has 0 aliphatic heterocycles. The SMILES string of the molecule is Cc1cccc(Nc2ccccc2C(=O)OCC(=O)Nc2ccc(S(N)(=O)=O)cc2)c1C. The maximum atomic E-state index is 12.6. The molecule has 0 saturated carbocycles. The van der Waals surface area contributed by atoms with Gasteiger partial charge in [0.15, 0.2) is 6.61 Å². The number of benzene rings is 3. The van der Waals surface area contributed by atoms with Crippen LogP contribution in [0.1, 0.15) is 21.5 Å². The second kappa shape index (κ2) is 9.63. The van der Waals surface area contributed by atoms with E-state index in [4.69, 9.17) is 9.88 Å². The second-order valence-corrected chi connectivity index (χ2v) is 8.67. The van der Waals surface area contributed by atoms with Gasteiger partial charge in [-0.25, -0.2) is 18.4 Å². The van der Waals surface area contributed by atoms with E-state index in [0.717, 1.165) is 16.8 Å². The zero-order valence-electron chi connectivity index (χ0n) is 17.6. The standard InChI is InChI=1S/C23H23N3O5S/c1-15-6-5-9-20(16(15)2)26-21-8-4-3-7-19(21)23(28)31-14-22(27)25-17-10-12-18(13-11-17)32(24,29)30/h3-13,26H,14H2,1-2H3,(H,25,27)(H2,24,29,30). The Morgan fingerprint density at radius 1 is 0.906 bits per heavy atom. The molecular formula is C23H23N3O5S. The summed E-state index contributed by atoms with van der Waals surface area (Å²) in [5.41, 5.74) is 4.23. The van der Waals surface area contributed by atoms with E-state index in [0.29, 0.717) is 16.9 Å².